The maximum absolute atomic E-state index is 14.9. The van der Waals surface area contributed by atoms with Gasteiger partial charge in [0.15, 0.2) is 11.6 Å². The number of carbonyl (C=O) groups is 3. The molecule has 0 unspecified atom stereocenters. The smallest absolute Gasteiger partial charge is 0.319 e. The van der Waals surface area contributed by atoms with Crippen molar-refractivity contribution in [3.8, 4) is 22.1 Å². The van der Waals surface area contributed by atoms with E-state index in [9.17, 15) is 18.8 Å². The SMILES string of the molecule is COCCN(Cc1ccc(-c2cc3nccc(Oc4ccc(NC(=O)NC5CC5)cc4F)c3s2)nc1)C(=O)CNC(=O)CN. The number of hydrogen-bond acceptors (Lipinski definition) is 9. The molecule has 0 atom stereocenters. The molecule has 12 nitrogen and oxygen atoms in total. The van der Waals surface area contributed by atoms with Crippen molar-refractivity contribution < 1.29 is 28.2 Å². The van der Waals surface area contributed by atoms with Gasteiger partial charge in [0.25, 0.3) is 0 Å². The number of ether oxygens (including phenoxy) is 2. The summed E-state index contributed by atoms with van der Waals surface area (Å²) in [5, 5.41) is 7.92. The van der Waals surface area contributed by atoms with Crippen LogP contribution in [0.1, 0.15) is 18.4 Å². The summed E-state index contributed by atoms with van der Waals surface area (Å²) in [4.78, 5) is 47.5. The lowest BCUT2D eigenvalue weighted by Crippen LogP contribution is -2.42. The topological polar surface area (TPSA) is 161 Å². The molecule has 0 aliphatic heterocycles. The van der Waals surface area contributed by atoms with Crippen LogP contribution in [-0.2, 0) is 20.9 Å². The quantitative estimate of drug-likeness (QED) is 0.176. The second kappa shape index (κ2) is 14.2. The van der Waals surface area contributed by atoms with Gasteiger partial charge in [0.2, 0.25) is 11.8 Å². The van der Waals surface area contributed by atoms with Crippen molar-refractivity contribution in [3.05, 3.63) is 66.2 Å². The zero-order chi connectivity index (χ0) is 31.1. The molecule has 4 amide bonds. The van der Waals surface area contributed by atoms with Crippen molar-refractivity contribution in [2.24, 2.45) is 5.73 Å². The molecule has 3 aromatic heterocycles. The summed E-state index contributed by atoms with van der Waals surface area (Å²) in [6.45, 7) is 0.610. The first kappa shape index (κ1) is 30.8. The summed E-state index contributed by atoms with van der Waals surface area (Å²) in [5.41, 5.74) is 7.78. The fourth-order valence-electron chi connectivity index (χ4n) is 4.22. The van der Waals surface area contributed by atoms with Crippen molar-refractivity contribution in [2.75, 3.05) is 38.7 Å². The van der Waals surface area contributed by atoms with Gasteiger partial charge in [-0.1, -0.05) is 6.07 Å². The Morgan fingerprint density at radius 3 is 2.66 bits per heavy atom. The monoisotopic (exact) mass is 621 g/mol. The van der Waals surface area contributed by atoms with Gasteiger partial charge in [-0.15, -0.1) is 11.3 Å². The van der Waals surface area contributed by atoms with Gasteiger partial charge in [-0.3, -0.25) is 19.6 Å². The van der Waals surface area contributed by atoms with E-state index >= 15 is 0 Å². The highest BCUT2D eigenvalue weighted by Crippen LogP contribution is 2.39. The molecule has 14 heteroatoms. The second-order valence-corrected chi connectivity index (χ2v) is 11.1. The van der Waals surface area contributed by atoms with E-state index in [0.29, 0.717) is 35.8 Å². The molecule has 0 bridgehead atoms. The average molecular weight is 622 g/mol. The molecule has 5 N–H and O–H groups in total. The number of hydrogen-bond donors (Lipinski definition) is 4. The molecule has 230 valence electrons. The number of halogens is 1. The van der Waals surface area contributed by atoms with Crippen LogP contribution in [0.4, 0.5) is 14.9 Å². The molecule has 1 fully saturated rings. The number of nitrogens with zero attached hydrogens (tertiary/aromatic N) is 3. The van der Waals surface area contributed by atoms with Gasteiger partial charge >= 0.3 is 6.03 Å². The van der Waals surface area contributed by atoms with Crippen LogP contribution in [-0.4, -0.2) is 72.1 Å². The summed E-state index contributed by atoms with van der Waals surface area (Å²) >= 11 is 1.40. The molecular weight excluding hydrogens is 589 g/mol. The lowest BCUT2D eigenvalue weighted by Gasteiger charge is -2.22. The van der Waals surface area contributed by atoms with Gasteiger partial charge < -0.3 is 36.1 Å². The van der Waals surface area contributed by atoms with Gasteiger partial charge in [0.05, 0.1) is 40.5 Å². The number of aromatic nitrogens is 2. The number of rotatable bonds is 13. The van der Waals surface area contributed by atoms with Crippen LogP contribution in [0.3, 0.4) is 0 Å². The number of methoxy groups -OCH3 is 1. The molecule has 3 heterocycles. The zero-order valence-corrected chi connectivity index (χ0v) is 24.8. The third-order valence-corrected chi connectivity index (χ3v) is 7.85. The highest BCUT2D eigenvalue weighted by Gasteiger charge is 2.23. The molecule has 1 aliphatic carbocycles. The first-order valence-electron chi connectivity index (χ1n) is 13.9. The summed E-state index contributed by atoms with van der Waals surface area (Å²) < 4.78 is 26.7. The Balaban J connectivity index is 1.27. The van der Waals surface area contributed by atoms with Gasteiger partial charge in [-0.2, -0.15) is 0 Å². The van der Waals surface area contributed by atoms with E-state index in [1.807, 2.05) is 18.2 Å². The van der Waals surface area contributed by atoms with Crippen molar-refractivity contribution >= 4 is 45.1 Å². The largest absolute Gasteiger partial charge is 0.453 e. The van der Waals surface area contributed by atoms with Gasteiger partial charge in [0, 0.05) is 56.5 Å². The third kappa shape index (κ3) is 8.03. The van der Waals surface area contributed by atoms with Crippen LogP contribution in [0, 0.1) is 5.82 Å². The standard InChI is InChI=1S/C30H32FN7O5S/c1-42-11-10-38(28(40)16-35-27(39)14-32)17-18-2-6-22(34-15-18)26-13-23-29(44-26)25(8-9-33-23)43-24-7-5-20(12-21(24)31)37-30(41)36-19-3-4-19/h2,5-9,12-13,15,19H,3-4,10-11,14,16-17,32H2,1H3,(H,35,39)(H2,36,37,41). The Morgan fingerprint density at radius 2 is 1.95 bits per heavy atom. The number of urea groups is 1. The Kier molecular flexibility index (Phi) is 9.94. The number of carbonyl (C=O) groups excluding carboxylic acids is 3. The lowest BCUT2D eigenvalue weighted by atomic mass is 10.2. The Morgan fingerprint density at radius 1 is 1.11 bits per heavy atom. The van der Waals surface area contributed by atoms with E-state index in [2.05, 4.69) is 25.9 Å². The Bertz CT molecular complexity index is 1640. The van der Waals surface area contributed by atoms with Crippen LogP contribution in [0.2, 0.25) is 0 Å². The number of thiophene rings is 1. The highest BCUT2D eigenvalue weighted by molar-refractivity contribution is 7.22. The van der Waals surface area contributed by atoms with E-state index < -0.39 is 11.7 Å². The number of pyridine rings is 2. The average Bonchev–Trinajstić information content (AvgIpc) is 3.72. The zero-order valence-electron chi connectivity index (χ0n) is 24.0. The van der Waals surface area contributed by atoms with Crippen LogP contribution >= 0.6 is 11.3 Å². The molecule has 4 aromatic rings. The van der Waals surface area contributed by atoms with E-state index in [0.717, 1.165) is 28.0 Å². The van der Waals surface area contributed by atoms with E-state index in [1.165, 1.54) is 23.5 Å². The first-order valence-corrected chi connectivity index (χ1v) is 14.8. The van der Waals surface area contributed by atoms with Gasteiger partial charge in [0.1, 0.15) is 5.75 Å². The molecule has 0 radical (unpaired) electrons. The van der Waals surface area contributed by atoms with Crippen molar-refractivity contribution in [2.45, 2.75) is 25.4 Å². The number of nitrogens with one attached hydrogen (secondary N) is 3. The summed E-state index contributed by atoms with van der Waals surface area (Å²) in [6.07, 6.45) is 5.18. The Labute approximate surface area is 256 Å². The molecule has 1 saturated carbocycles. The van der Waals surface area contributed by atoms with E-state index in [4.69, 9.17) is 15.2 Å². The minimum atomic E-state index is -0.618. The number of fused-ring (bicyclic) bond motifs is 1. The summed E-state index contributed by atoms with van der Waals surface area (Å²) in [5.74, 6) is -0.848. The number of nitrogens with two attached hydrogens (primary N) is 1. The molecule has 1 aromatic carbocycles. The third-order valence-electron chi connectivity index (χ3n) is 6.69. The minimum absolute atomic E-state index is 0.0123. The summed E-state index contributed by atoms with van der Waals surface area (Å²) in [7, 11) is 1.55. The fourth-order valence-corrected chi connectivity index (χ4v) is 5.26. The van der Waals surface area contributed by atoms with Crippen molar-refractivity contribution in [1.82, 2.24) is 25.5 Å². The first-order chi connectivity index (χ1) is 21.3. The van der Waals surface area contributed by atoms with E-state index in [1.54, 1.807) is 36.5 Å². The van der Waals surface area contributed by atoms with Gasteiger partial charge in [-0.05, 0) is 42.7 Å². The van der Waals surface area contributed by atoms with Crippen molar-refractivity contribution in [1.29, 1.82) is 0 Å². The summed E-state index contributed by atoms with van der Waals surface area (Å²) in [6, 6.07) is 11.3. The maximum Gasteiger partial charge on any atom is 0.319 e. The lowest BCUT2D eigenvalue weighted by molar-refractivity contribution is -0.133. The molecule has 1 aliphatic rings. The van der Waals surface area contributed by atoms with Crippen molar-refractivity contribution in [3.63, 3.8) is 0 Å². The van der Waals surface area contributed by atoms with Crippen LogP contribution in [0.5, 0.6) is 11.5 Å². The predicted molar refractivity (Wildman–Crippen MR) is 164 cm³/mol. The molecule has 0 saturated heterocycles. The maximum atomic E-state index is 14.9. The normalized spacial score (nSPS) is 12.5. The van der Waals surface area contributed by atoms with Crippen LogP contribution in [0.15, 0.2) is 54.9 Å². The number of benzene rings is 1. The Hall–Kier alpha value is -4.66. The highest BCUT2D eigenvalue weighted by atomic mass is 32.1. The van der Waals surface area contributed by atoms with Crippen LogP contribution in [0.25, 0.3) is 20.8 Å². The minimum Gasteiger partial charge on any atom is -0.453 e. The molecular formula is C30H32FN7O5S. The van der Waals surface area contributed by atoms with E-state index in [-0.39, 0.29) is 43.4 Å². The number of anilines is 1. The van der Waals surface area contributed by atoms with Gasteiger partial charge in [-0.25, -0.2) is 9.18 Å². The second-order valence-electron chi connectivity index (χ2n) is 10.1. The predicted octanol–water partition coefficient (Wildman–Crippen LogP) is 3.62. The van der Waals surface area contributed by atoms with Crippen LogP contribution < -0.4 is 26.4 Å². The molecule has 5 rings (SSSR count). The number of amides is 4. The molecule has 0 spiro atoms. The molecule has 44 heavy (non-hydrogen) atoms. The fraction of sp³-hybridized carbons (Fsp3) is 0.300.